The zero-order valence-electron chi connectivity index (χ0n) is 23.8. The third kappa shape index (κ3) is 6.20. The first-order chi connectivity index (χ1) is 18.4. The molecule has 1 amide bonds. The molecule has 1 aromatic heterocycles. The Labute approximate surface area is 236 Å². The van der Waals surface area contributed by atoms with Crippen LogP contribution in [0.25, 0.3) is 10.9 Å². The van der Waals surface area contributed by atoms with E-state index < -0.39 is 6.10 Å². The van der Waals surface area contributed by atoms with Crippen LogP contribution in [0, 0.1) is 13.8 Å². The molecule has 39 heavy (non-hydrogen) atoms. The topological polar surface area (TPSA) is 60.3 Å². The molecule has 0 bridgehead atoms. The van der Waals surface area contributed by atoms with Crippen LogP contribution in [0.5, 0.6) is 5.75 Å². The second-order valence-electron chi connectivity index (χ2n) is 11.3. The number of benzene rings is 3. The third-order valence-corrected chi connectivity index (χ3v) is 7.73. The summed E-state index contributed by atoms with van der Waals surface area (Å²) >= 11 is 6.54. The van der Waals surface area contributed by atoms with Gasteiger partial charge in [-0.15, -0.1) is 0 Å². The molecular formula is C33H37ClN2O3. The van der Waals surface area contributed by atoms with Gasteiger partial charge < -0.3 is 14.6 Å². The normalized spacial score (nSPS) is 13.2. The number of aldehydes is 1. The first-order valence-corrected chi connectivity index (χ1v) is 13.7. The molecule has 0 fully saturated rings. The van der Waals surface area contributed by atoms with E-state index in [1.165, 1.54) is 5.56 Å². The highest BCUT2D eigenvalue weighted by Crippen LogP contribution is 2.31. The largest absolute Gasteiger partial charge is 0.483 e. The molecule has 3 aromatic carbocycles. The second-order valence-corrected chi connectivity index (χ2v) is 11.7. The van der Waals surface area contributed by atoms with Crippen LogP contribution >= 0.6 is 11.6 Å². The molecule has 0 aliphatic rings. The van der Waals surface area contributed by atoms with Gasteiger partial charge in [0, 0.05) is 33.7 Å². The molecule has 0 spiro atoms. The second kappa shape index (κ2) is 11.3. The predicted molar refractivity (Wildman–Crippen MR) is 159 cm³/mol. The molecule has 0 unspecified atom stereocenters. The first-order valence-electron chi connectivity index (χ1n) is 13.3. The number of fused-ring (bicyclic) bond motifs is 1. The van der Waals surface area contributed by atoms with Crippen LogP contribution in [0.15, 0.2) is 60.7 Å². The van der Waals surface area contributed by atoms with Crippen molar-refractivity contribution in [3.05, 3.63) is 99.2 Å². The minimum Gasteiger partial charge on any atom is -0.483 e. The number of nitrogens with one attached hydrogen (secondary N) is 1. The van der Waals surface area contributed by atoms with E-state index in [2.05, 4.69) is 68.8 Å². The van der Waals surface area contributed by atoms with E-state index in [1.807, 2.05) is 31.2 Å². The molecule has 0 saturated heterocycles. The SMILES string of the molecule is Cc1c(C)n(Cc2cc(O[C@@H](C)C=O)ccc2Cl)c2ccc(C(=O)N[C@@H](C)c3cccc(C(C)(C)C)c3)cc12. The maximum Gasteiger partial charge on any atom is 0.251 e. The van der Waals surface area contributed by atoms with Gasteiger partial charge in [-0.3, -0.25) is 9.59 Å². The summed E-state index contributed by atoms with van der Waals surface area (Å²) in [4.78, 5) is 24.3. The van der Waals surface area contributed by atoms with Crippen LogP contribution in [0.3, 0.4) is 0 Å². The monoisotopic (exact) mass is 544 g/mol. The molecule has 0 saturated carbocycles. The third-order valence-electron chi connectivity index (χ3n) is 7.36. The number of aromatic nitrogens is 1. The van der Waals surface area contributed by atoms with Gasteiger partial charge in [0.2, 0.25) is 0 Å². The van der Waals surface area contributed by atoms with E-state index in [0.717, 1.165) is 39.6 Å². The van der Waals surface area contributed by atoms with Crippen LogP contribution in [-0.4, -0.2) is 22.9 Å². The van der Waals surface area contributed by atoms with Crippen molar-refractivity contribution in [2.75, 3.05) is 0 Å². The highest BCUT2D eigenvalue weighted by atomic mass is 35.5. The number of amides is 1. The van der Waals surface area contributed by atoms with E-state index >= 15 is 0 Å². The average Bonchev–Trinajstić information content (AvgIpc) is 3.14. The van der Waals surface area contributed by atoms with E-state index in [1.54, 1.807) is 19.1 Å². The fraction of sp³-hybridized carbons (Fsp3) is 0.333. The fourth-order valence-electron chi connectivity index (χ4n) is 4.79. The number of hydrogen-bond acceptors (Lipinski definition) is 3. The van der Waals surface area contributed by atoms with Gasteiger partial charge in [-0.2, -0.15) is 0 Å². The van der Waals surface area contributed by atoms with Gasteiger partial charge in [-0.25, -0.2) is 0 Å². The number of carbonyl (C=O) groups excluding carboxylic acids is 2. The van der Waals surface area contributed by atoms with Gasteiger partial charge in [-0.05, 0) is 91.8 Å². The lowest BCUT2D eigenvalue weighted by atomic mass is 9.85. The van der Waals surface area contributed by atoms with E-state index in [9.17, 15) is 9.59 Å². The van der Waals surface area contributed by atoms with Crippen LogP contribution in [-0.2, 0) is 16.8 Å². The molecular weight excluding hydrogens is 508 g/mol. The summed E-state index contributed by atoms with van der Waals surface area (Å²) < 4.78 is 7.86. The first kappa shape index (κ1) is 28.4. The lowest BCUT2D eigenvalue weighted by Gasteiger charge is -2.22. The molecule has 0 aliphatic carbocycles. The Morgan fingerprint density at radius 1 is 1.05 bits per heavy atom. The summed E-state index contributed by atoms with van der Waals surface area (Å²) in [5, 5.41) is 4.82. The average molecular weight is 545 g/mol. The van der Waals surface area contributed by atoms with Crippen molar-refractivity contribution in [2.24, 2.45) is 0 Å². The quantitative estimate of drug-likeness (QED) is 0.231. The smallest absolute Gasteiger partial charge is 0.251 e. The molecule has 2 atom stereocenters. The Morgan fingerprint density at radius 3 is 2.49 bits per heavy atom. The summed E-state index contributed by atoms with van der Waals surface area (Å²) in [5.74, 6) is 0.494. The minimum absolute atomic E-state index is 0.0415. The minimum atomic E-state index is -0.537. The number of aryl methyl sites for hydroxylation is 1. The number of hydrogen-bond donors (Lipinski definition) is 1. The Morgan fingerprint density at radius 2 is 1.79 bits per heavy atom. The molecule has 204 valence electrons. The molecule has 6 heteroatoms. The molecule has 0 aliphatic heterocycles. The number of ether oxygens (including phenoxy) is 1. The molecule has 1 N–H and O–H groups in total. The summed E-state index contributed by atoms with van der Waals surface area (Å²) in [6.45, 7) is 15.0. The molecule has 0 radical (unpaired) electrons. The van der Waals surface area contributed by atoms with Gasteiger partial charge in [0.25, 0.3) is 5.91 Å². The Kier molecular flexibility index (Phi) is 8.22. The molecule has 5 nitrogen and oxygen atoms in total. The van der Waals surface area contributed by atoms with Crippen molar-refractivity contribution in [1.82, 2.24) is 9.88 Å². The maximum absolute atomic E-state index is 13.3. The van der Waals surface area contributed by atoms with Crippen molar-refractivity contribution in [3.63, 3.8) is 0 Å². The Bertz CT molecular complexity index is 1530. The van der Waals surface area contributed by atoms with Crippen molar-refractivity contribution in [3.8, 4) is 5.75 Å². The van der Waals surface area contributed by atoms with Crippen LogP contribution in [0.1, 0.15) is 79.0 Å². The van der Waals surface area contributed by atoms with E-state index in [0.29, 0.717) is 22.9 Å². The van der Waals surface area contributed by atoms with E-state index in [-0.39, 0.29) is 17.4 Å². The molecule has 4 rings (SSSR count). The van der Waals surface area contributed by atoms with E-state index in [4.69, 9.17) is 16.3 Å². The highest BCUT2D eigenvalue weighted by molar-refractivity contribution is 6.31. The van der Waals surface area contributed by atoms with Crippen molar-refractivity contribution < 1.29 is 14.3 Å². The lowest BCUT2D eigenvalue weighted by Crippen LogP contribution is -2.27. The van der Waals surface area contributed by atoms with Crippen molar-refractivity contribution in [2.45, 2.75) is 72.6 Å². The summed E-state index contributed by atoms with van der Waals surface area (Å²) in [5.41, 5.74) is 7.11. The molecule has 1 heterocycles. The zero-order chi connectivity index (χ0) is 28.5. The number of nitrogens with zero attached hydrogens (tertiary/aromatic N) is 1. The van der Waals surface area contributed by atoms with Gasteiger partial charge in [-0.1, -0.05) is 56.6 Å². The van der Waals surface area contributed by atoms with Crippen molar-refractivity contribution >= 4 is 34.7 Å². The standard InChI is InChI=1S/C33H37ClN2O3/c1-20(19-37)39-28-12-13-30(34)26(16-28)18-36-23(4)21(2)29-17-25(11-14-31(29)36)32(38)35-22(3)24-9-8-10-27(15-24)33(5,6)7/h8-17,19-20,22H,18H2,1-7H3,(H,35,38)/t20-,22-/m0/s1. The summed E-state index contributed by atoms with van der Waals surface area (Å²) in [6, 6.07) is 19.6. The van der Waals surface area contributed by atoms with Gasteiger partial charge in [0.05, 0.1) is 6.04 Å². The van der Waals surface area contributed by atoms with Crippen LogP contribution in [0.2, 0.25) is 5.02 Å². The van der Waals surface area contributed by atoms with Gasteiger partial charge in [0.15, 0.2) is 12.4 Å². The van der Waals surface area contributed by atoms with Crippen LogP contribution < -0.4 is 10.1 Å². The number of rotatable bonds is 8. The summed E-state index contributed by atoms with van der Waals surface area (Å²) in [6.07, 6.45) is 0.226. The zero-order valence-corrected chi connectivity index (χ0v) is 24.5. The van der Waals surface area contributed by atoms with Gasteiger partial charge in [0.1, 0.15) is 5.75 Å². The fourth-order valence-corrected chi connectivity index (χ4v) is 4.97. The van der Waals surface area contributed by atoms with Crippen molar-refractivity contribution in [1.29, 1.82) is 0 Å². The predicted octanol–water partition coefficient (Wildman–Crippen LogP) is 7.71. The Balaban J connectivity index is 1.59. The number of halogens is 1. The molecule has 4 aromatic rings. The summed E-state index contributed by atoms with van der Waals surface area (Å²) in [7, 11) is 0. The highest BCUT2D eigenvalue weighted by Gasteiger charge is 2.19. The lowest BCUT2D eigenvalue weighted by molar-refractivity contribution is -0.113. The van der Waals surface area contributed by atoms with Crippen LogP contribution in [0.4, 0.5) is 0 Å². The van der Waals surface area contributed by atoms with Gasteiger partial charge >= 0.3 is 0 Å². The Hall–Kier alpha value is -3.57. The number of carbonyl (C=O) groups is 2. The maximum atomic E-state index is 13.3.